The molecular weight excluding hydrogens is 384 g/mol. The standard InChI is InChI=1S/C23H20N2O3S/c1-25(2)23(27)29-16-13-11-15(12-14-16)24-22(26)21-17-7-3-5-9-19(17)28-20-10-6-4-8-18(20)21/h3-14,21H,1-2H3,(H,24,26). The fourth-order valence-electron chi connectivity index (χ4n) is 3.21. The molecule has 3 aromatic carbocycles. The van der Waals surface area contributed by atoms with Gasteiger partial charge in [0.1, 0.15) is 11.5 Å². The molecule has 5 nitrogen and oxygen atoms in total. The Hall–Kier alpha value is -3.25. The van der Waals surface area contributed by atoms with Crippen LogP contribution in [0.3, 0.4) is 0 Å². The fourth-order valence-corrected chi connectivity index (χ4v) is 3.86. The van der Waals surface area contributed by atoms with E-state index in [1.807, 2.05) is 60.7 Å². The van der Waals surface area contributed by atoms with Crippen molar-refractivity contribution >= 4 is 28.6 Å². The molecule has 3 aromatic rings. The van der Waals surface area contributed by atoms with Gasteiger partial charge < -0.3 is 15.0 Å². The summed E-state index contributed by atoms with van der Waals surface area (Å²) in [6, 6.07) is 22.5. The van der Waals surface area contributed by atoms with Gasteiger partial charge in [-0.3, -0.25) is 9.59 Å². The zero-order valence-corrected chi connectivity index (χ0v) is 16.9. The number of benzene rings is 3. The van der Waals surface area contributed by atoms with Crippen LogP contribution in [0.2, 0.25) is 0 Å². The van der Waals surface area contributed by atoms with Crippen molar-refractivity contribution in [2.75, 3.05) is 19.4 Å². The number of carbonyl (C=O) groups is 2. The number of ether oxygens (including phenoxy) is 1. The third-order valence-corrected chi connectivity index (χ3v) is 5.68. The smallest absolute Gasteiger partial charge is 0.285 e. The molecule has 0 aromatic heterocycles. The summed E-state index contributed by atoms with van der Waals surface area (Å²) >= 11 is 1.15. The monoisotopic (exact) mass is 404 g/mol. The van der Waals surface area contributed by atoms with Crippen LogP contribution in [0.25, 0.3) is 0 Å². The van der Waals surface area contributed by atoms with Gasteiger partial charge in [0.05, 0.1) is 5.92 Å². The molecule has 29 heavy (non-hydrogen) atoms. The topological polar surface area (TPSA) is 58.6 Å². The van der Waals surface area contributed by atoms with Crippen LogP contribution < -0.4 is 10.1 Å². The highest BCUT2D eigenvalue weighted by molar-refractivity contribution is 8.13. The molecule has 146 valence electrons. The number of carbonyl (C=O) groups excluding carboxylic acids is 2. The van der Waals surface area contributed by atoms with Crippen molar-refractivity contribution in [2.24, 2.45) is 0 Å². The Morgan fingerprint density at radius 1 is 0.862 bits per heavy atom. The van der Waals surface area contributed by atoms with Gasteiger partial charge in [0.25, 0.3) is 5.24 Å². The first kappa shape index (κ1) is 19.1. The quantitative estimate of drug-likeness (QED) is 0.599. The minimum atomic E-state index is -0.458. The van der Waals surface area contributed by atoms with Crippen LogP contribution in [0.4, 0.5) is 10.5 Å². The summed E-state index contributed by atoms with van der Waals surface area (Å²) in [7, 11) is 3.43. The van der Waals surface area contributed by atoms with Crippen molar-refractivity contribution in [1.29, 1.82) is 0 Å². The summed E-state index contributed by atoms with van der Waals surface area (Å²) < 4.78 is 5.96. The number of nitrogens with one attached hydrogen (secondary N) is 1. The molecule has 0 atom stereocenters. The average molecular weight is 404 g/mol. The molecule has 0 spiro atoms. The van der Waals surface area contributed by atoms with E-state index in [1.165, 1.54) is 4.90 Å². The Balaban J connectivity index is 1.57. The first-order chi connectivity index (χ1) is 14.0. The number of hydrogen-bond donors (Lipinski definition) is 1. The van der Waals surface area contributed by atoms with Gasteiger partial charge in [0.15, 0.2) is 0 Å². The number of hydrogen-bond acceptors (Lipinski definition) is 4. The summed E-state index contributed by atoms with van der Waals surface area (Å²) in [5, 5.41) is 2.95. The van der Waals surface area contributed by atoms with Crippen molar-refractivity contribution in [3.63, 3.8) is 0 Å². The van der Waals surface area contributed by atoms with Crippen molar-refractivity contribution < 1.29 is 14.3 Å². The molecular formula is C23H20N2O3S. The Morgan fingerprint density at radius 2 is 1.41 bits per heavy atom. The second kappa shape index (κ2) is 8.01. The first-order valence-corrected chi connectivity index (χ1v) is 10.0. The molecule has 4 rings (SSSR count). The van der Waals surface area contributed by atoms with E-state index in [4.69, 9.17) is 4.74 Å². The summed E-state index contributed by atoms with van der Waals surface area (Å²) in [4.78, 5) is 27.4. The highest BCUT2D eigenvalue weighted by Gasteiger charge is 2.32. The van der Waals surface area contributed by atoms with Gasteiger partial charge in [-0.15, -0.1) is 0 Å². The van der Waals surface area contributed by atoms with Crippen molar-refractivity contribution in [3.8, 4) is 11.5 Å². The maximum atomic E-state index is 13.2. The predicted octanol–water partition coefficient (Wildman–Crippen LogP) is 5.34. The van der Waals surface area contributed by atoms with Gasteiger partial charge in [-0.25, -0.2) is 0 Å². The van der Waals surface area contributed by atoms with E-state index in [1.54, 1.807) is 26.2 Å². The van der Waals surface area contributed by atoms with Crippen molar-refractivity contribution in [1.82, 2.24) is 4.90 Å². The molecule has 0 aliphatic carbocycles. The molecule has 0 saturated carbocycles. The Kier molecular flexibility index (Phi) is 5.27. The fraction of sp³-hybridized carbons (Fsp3) is 0.130. The van der Waals surface area contributed by atoms with Crippen LogP contribution in [0.1, 0.15) is 17.0 Å². The third kappa shape index (κ3) is 3.98. The summed E-state index contributed by atoms with van der Waals surface area (Å²) in [6.07, 6.45) is 0. The SMILES string of the molecule is CN(C)C(=O)Sc1ccc(NC(=O)C2c3ccccc3Oc3ccccc32)cc1. The van der Waals surface area contributed by atoms with Crippen molar-refractivity contribution in [3.05, 3.63) is 83.9 Å². The number of rotatable bonds is 3. The zero-order valence-electron chi connectivity index (χ0n) is 16.1. The second-order valence-electron chi connectivity index (χ2n) is 6.89. The normalized spacial score (nSPS) is 12.3. The van der Waals surface area contributed by atoms with Crippen molar-refractivity contribution in [2.45, 2.75) is 10.8 Å². The minimum absolute atomic E-state index is 0.0443. The van der Waals surface area contributed by atoms with Gasteiger partial charge >= 0.3 is 0 Å². The van der Waals surface area contributed by atoms with E-state index in [0.29, 0.717) is 17.2 Å². The summed E-state index contributed by atoms with van der Waals surface area (Å²) in [5.41, 5.74) is 2.36. The Bertz CT molecular complexity index is 1020. The molecule has 6 heteroatoms. The molecule has 1 N–H and O–H groups in total. The predicted molar refractivity (Wildman–Crippen MR) is 115 cm³/mol. The summed E-state index contributed by atoms with van der Waals surface area (Å²) in [5.74, 6) is 0.805. The van der Waals surface area contributed by atoms with E-state index in [9.17, 15) is 9.59 Å². The van der Waals surface area contributed by atoms with Crippen LogP contribution in [0.5, 0.6) is 11.5 Å². The minimum Gasteiger partial charge on any atom is -0.457 e. The number of thioether (sulfide) groups is 1. The lowest BCUT2D eigenvalue weighted by Gasteiger charge is -2.27. The molecule has 0 bridgehead atoms. The number of fused-ring (bicyclic) bond motifs is 2. The lowest BCUT2D eigenvalue weighted by atomic mass is 9.87. The van der Waals surface area contributed by atoms with Crippen LogP contribution in [0, 0.1) is 0 Å². The van der Waals surface area contributed by atoms with Gasteiger partial charge in [-0.2, -0.15) is 0 Å². The lowest BCUT2D eigenvalue weighted by Crippen LogP contribution is -2.25. The summed E-state index contributed by atoms with van der Waals surface area (Å²) in [6.45, 7) is 0. The van der Waals surface area contributed by atoms with Crippen LogP contribution >= 0.6 is 11.8 Å². The highest BCUT2D eigenvalue weighted by atomic mass is 32.2. The lowest BCUT2D eigenvalue weighted by molar-refractivity contribution is -0.116. The van der Waals surface area contributed by atoms with Crippen LogP contribution in [0.15, 0.2) is 77.7 Å². The van der Waals surface area contributed by atoms with Gasteiger partial charge in [-0.1, -0.05) is 36.4 Å². The first-order valence-electron chi connectivity index (χ1n) is 9.18. The maximum Gasteiger partial charge on any atom is 0.285 e. The molecule has 0 saturated heterocycles. The van der Waals surface area contributed by atoms with E-state index in [2.05, 4.69) is 5.32 Å². The average Bonchev–Trinajstić information content (AvgIpc) is 2.73. The van der Waals surface area contributed by atoms with E-state index in [-0.39, 0.29) is 11.1 Å². The molecule has 1 heterocycles. The Morgan fingerprint density at radius 3 is 1.97 bits per heavy atom. The van der Waals surface area contributed by atoms with Crippen LogP contribution in [-0.2, 0) is 4.79 Å². The van der Waals surface area contributed by atoms with Gasteiger partial charge in [0.2, 0.25) is 5.91 Å². The van der Waals surface area contributed by atoms with Gasteiger partial charge in [0, 0.05) is 35.8 Å². The van der Waals surface area contributed by atoms with E-state index >= 15 is 0 Å². The van der Waals surface area contributed by atoms with Crippen LogP contribution in [-0.4, -0.2) is 30.1 Å². The number of anilines is 1. The molecule has 0 radical (unpaired) electrons. The Labute approximate surface area is 173 Å². The molecule has 2 amide bonds. The highest BCUT2D eigenvalue weighted by Crippen LogP contribution is 2.44. The third-order valence-electron chi connectivity index (χ3n) is 4.63. The van der Waals surface area contributed by atoms with E-state index < -0.39 is 5.92 Å². The number of amides is 2. The van der Waals surface area contributed by atoms with E-state index in [0.717, 1.165) is 27.8 Å². The molecule has 0 fully saturated rings. The molecule has 0 unspecified atom stereocenters. The molecule has 1 aliphatic rings. The second-order valence-corrected chi connectivity index (χ2v) is 7.91. The number of nitrogens with zero attached hydrogens (tertiary/aromatic N) is 1. The van der Waals surface area contributed by atoms with Gasteiger partial charge in [-0.05, 0) is 48.2 Å². The maximum absolute atomic E-state index is 13.2. The zero-order chi connectivity index (χ0) is 20.4. The number of para-hydroxylation sites is 2. The largest absolute Gasteiger partial charge is 0.457 e. The molecule has 1 aliphatic heterocycles.